The molecule has 1 atom stereocenters. The largest absolute Gasteiger partial charge is 0.481 e. The quantitative estimate of drug-likeness (QED) is 0.934. The number of aryl methyl sites for hydroxylation is 1. The summed E-state index contributed by atoms with van der Waals surface area (Å²) in [5, 5.41) is 9.30. The van der Waals surface area contributed by atoms with Gasteiger partial charge in [0.1, 0.15) is 0 Å². The van der Waals surface area contributed by atoms with Gasteiger partial charge in [-0.25, -0.2) is 9.97 Å². The molecule has 0 spiro atoms. The number of carbonyl (C=O) groups is 1. The first-order chi connectivity index (χ1) is 12.2. The number of fused-ring (bicyclic) bond motifs is 2. The average molecular weight is 335 g/mol. The number of aliphatic carboxylic acids is 1. The number of carboxylic acids is 1. The van der Waals surface area contributed by atoms with E-state index in [2.05, 4.69) is 23.1 Å². The Morgan fingerprint density at radius 1 is 1.08 bits per heavy atom. The van der Waals surface area contributed by atoms with E-state index >= 15 is 0 Å². The molecule has 5 rings (SSSR count). The van der Waals surface area contributed by atoms with E-state index in [1.165, 1.54) is 28.8 Å². The molecule has 0 saturated carbocycles. The summed E-state index contributed by atoms with van der Waals surface area (Å²) in [5.41, 5.74) is 7.01. The van der Waals surface area contributed by atoms with Crippen LogP contribution in [0.4, 0.5) is 5.95 Å². The van der Waals surface area contributed by atoms with E-state index in [4.69, 9.17) is 9.97 Å². The number of carboxylic acid groups (broad SMARTS) is 1. The zero-order chi connectivity index (χ0) is 17.0. The van der Waals surface area contributed by atoms with Gasteiger partial charge in [0.25, 0.3) is 0 Å². The van der Waals surface area contributed by atoms with Crippen LogP contribution in [0, 0.1) is 5.92 Å². The summed E-state index contributed by atoms with van der Waals surface area (Å²) >= 11 is 0. The van der Waals surface area contributed by atoms with Gasteiger partial charge in [-0.15, -0.1) is 0 Å². The van der Waals surface area contributed by atoms with Crippen molar-refractivity contribution < 1.29 is 9.90 Å². The minimum Gasteiger partial charge on any atom is -0.481 e. The van der Waals surface area contributed by atoms with E-state index in [1.54, 1.807) is 0 Å². The van der Waals surface area contributed by atoms with Crippen molar-refractivity contribution in [1.82, 2.24) is 9.97 Å². The van der Waals surface area contributed by atoms with Gasteiger partial charge in [0.2, 0.25) is 5.95 Å². The maximum absolute atomic E-state index is 11.3. The van der Waals surface area contributed by atoms with Crippen LogP contribution in [0.5, 0.6) is 0 Å². The number of nitrogens with zero attached hydrogens (tertiary/aromatic N) is 3. The van der Waals surface area contributed by atoms with Crippen molar-refractivity contribution in [2.45, 2.75) is 38.5 Å². The predicted molar refractivity (Wildman–Crippen MR) is 94.9 cm³/mol. The molecular formula is C20H21N3O2. The van der Waals surface area contributed by atoms with Crippen LogP contribution in [0.1, 0.15) is 35.2 Å². The Bertz CT molecular complexity index is 873. The van der Waals surface area contributed by atoms with Crippen LogP contribution in [-0.2, 0) is 30.5 Å². The molecule has 2 aliphatic carbocycles. The molecule has 1 aromatic heterocycles. The normalized spacial score (nSPS) is 21.0. The van der Waals surface area contributed by atoms with E-state index in [-0.39, 0.29) is 5.92 Å². The third kappa shape index (κ3) is 2.41. The Hall–Kier alpha value is -2.43. The van der Waals surface area contributed by atoms with E-state index in [0.717, 1.165) is 49.6 Å². The fourth-order valence-electron chi connectivity index (χ4n) is 4.26. The highest BCUT2D eigenvalue weighted by Gasteiger charge is 2.29. The van der Waals surface area contributed by atoms with Gasteiger partial charge in [-0.05, 0) is 55.7 Å². The second-order valence-corrected chi connectivity index (χ2v) is 7.42. The van der Waals surface area contributed by atoms with Gasteiger partial charge >= 0.3 is 5.97 Å². The van der Waals surface area contributed by atoms with Crippen LogP contribution in [0.15, 0.2) is 18.2 Å². The number of hydrogen-bond donors (Lipinski definition) is 1. The molecule has 128 valence electrons. The zero-order valence-electron chi connectivity index (χ0n) is 14.2. The Morgan fingerprint density at radius 2 is 1.92 bits per heavy atom. The molecule has 0 amide bonds. The molecule has 25 heavy (non-hydrogen) atoms. The topological polar surface area (TPSA) is 66.3 Å². The first-order valence-electron chi connectivity index (χ1n) is 9.19. The van der Waals surface area contributed by atoms with Crippen molar-refractivity contribution >= 4 is 11.9 Å². The summed E-state index contributed by atoms with van der Waals surface area (Å²) in [6, 6.07) is 6.38. The SMILES string of the molecule is O=C(O)C1Cc2ccc(-c3nc(N4CCC4)nc4c3CCC4)cc2C1. The van der Waals surface area contributed by atoms with Crippen molar-refractivity contribution in [2.75, 3.05) is 18.0 Å². The van der Waals surface area contributed by atoms with Gasteiger partial charge in [0, 0.05) is 29.9 Å². The fourth-order valence-corrected chi connectivity index (χ4v) is 4.26. The number of aromatic nitrogens is 2. The maximum Gasteiger partial charge on any atom is 0.307 e. The molecule has 1 aliphatic heterocycles. The third-order valence-electron chi connectivity index (χ3n) is 5.82. The molecule has 0 bridgehead atoms. The minimum atomic E-state index is -0.694. The van der Waals surface area contributed by atoms with Crippen LogP contribution in [-0.4, -0.2) is 34.1 Å². The van der Waals surface area contributed by atoms with Gasteiger partial charge in [-0.2, -0.15) is 0 Å². The summed E-state index contributed by atoms with van der Waals surface area (Å²) in [6.45, 7) is 2.09. The highest BCUT2D eigenvalue weighted by atomic mass is 16.4. The van der Waals surface area contributed by atoms with Crippen LogP contribution in [0.2, 0.25) is 0 Å². The summed E-state index contributed by atoms with van der Waals surface area (Å²) < 4.78 is 0. The first-order valence-corrected chi connectivity index (χ1v) is 9.19. The molecule has 3 aliphatic rings. The van der Waals surface area contributed by atoms with Crippen LogP contribution in [0.25, 0.3) is 11.3 Å². The van der Waals surface area contributed by atoms with Gasteiger partial charge in [-0.1, -0.05) is 12.1 Å². The van der Waals surface area contributed by atoms with Crippen molar-refractivity contribution in [3.05, 3.63) is 40.6 Å². The van der Waals surface area contributed by atoms with Crippen LogP contribution >= 0.6 is 0 Å². The lowest BCUT2D eigenvalue weighted by Crippen LogP contribution is -2.38. The van der Waals surface area contributed by atoms with Crippen molar-refractivity contribution in [2.24, 2.45) is 5.92 Å². The Balaban J connectivity index is 1.57. The summed E-state index contributed by atoms with van der Waals surface area (Å²) in [4.78, 5) is 23.3. The van der Waals surface area contributed by atoms with Crippen molar-refractivity contribution in [3.8, 4) is 11.3 Å². The molecular weight excluding hydrogens is 314 g/mol. The Labute approximate surface area is 146 Å². The second-order valence-electron chi connectivity index (χ2n) is 7.42. The Kier molecular flexibility index (Phi) is 3.30. The lowest BCUT2D eigenvalue weighted by Gasteiger charge is -2.31. The van der Waals surface area contributed by atoms with Gasteiger partial charge in [-0.3, -0.25) is 4.79 Å². The van der Waals surface area contributed by atoms with E-state index in [9.17, 15) is 9.90 Å². The van der Waals surface area contributed by atoms with Gasteiger partial charge < -0.3 is 10.0 Å². The number of hydrogen-bond acceptors (Lipinski definition) is 4. The average Bonchev–Trinajstić information content (AvgIpc) is 3.18. The molecule has 5 nitrogen and oxygen atoms in total. The van der Waals surface area contributed by atoms with Crippen molar-refractivity contribution in [1.29, 1.82) is 0 Å². The second kappa shape index (κ2) is 5.55. The zero-order valence-corrected chi connectivity index (χ0v) is 14.2. The van der Waals surface area contributed by atoms with E-state index in [1.807, 2.05) is 0 Å². The lowest BCUT2D eigenvalue weighted by atomic mass is 10.0. The Morgan fingerprint density at radius 3 is 2.68 bits per heavy atom. The molecule has 1 N–H and O–H groups in total. The van der Waals surface area contributed by atoms with Crippen LogP contribution in [0.3, 0.4) is 0 Å². The molecule has 2 heterocycles. The fraction of sp³-hybridized carbons (Fsp3) is 0.450. The van der Waals surface area contributed by atoms with Crippen LogP contribution < -0.4 is 4.90 Å². The number of anilines is 1. The summed E-state index contributed by atoms with van der Waals surface area (Å²) in [5.74, 6) is -0.107. The molecule has 2 aromatic rings. The molecule has 1 saturated heterocycles. The van der Waals surface area contributed by atoms with Gasteiger partial charge in [0.15, 0.2) is 0 Å². The van der Waals surface area contributed by atoms with E-state index < -0.39 is 5.97 Å². The smallest absolute Gasteiger partial charge is 0.307 e. The molecule has 1 unspecified atom stereocenters. The maximum atomic E-state index is 11.3. The monoisotopic (exact) mass is 335 g/mol. The number of benzene rings is 1. The summed E-state index contributed by atoms with van der Waals surface area (Å²) in [7, 11) is 0. The standard InChI is InChI=1S/C20H21N3O2/c24-19(25)15-9-12-5-6-13(10-14(12)11-15)18-16-3-1-4-17(16)21-20(22-18)23-7-2-8-23/h5-6,10,15H,1-4,7-9,11H2,(H,24,25). The minimum absolute atomic E-state index is 0.280. The highest BCUT2D eigenvalue weighted by molar-refractivity contribution is 5.74. The van der Waals surface area contributed by atoms with Crippen molar-refractivity contribution in [3.63, 3.8) is 0 Å². The molecule has 0 radical (unpaired) electrons. The molecule has 5 heteroatoms. The predicted octanol–water partition coefficient (Wildman–Crippen LogP) is 2.64. The summed E-state index contributed by atoms with van der Waals surface area (Å²) in [6.07, 6.45) is 5.71. The molecule has 1 fully saturated rings. The molecule has 1 aromatic carbocycles. The lowest BCUT2D eigenvalue weighted by molar-refractivity contribution is -0.141. The third-order valence-corrected chi connectivity index (χ3v) is 5.82. The van der Waals surface area contributed by atoms with E-state index in [0.29, 0.717) is 12.8 Å². The van der Waals surface area contributed by atoms with Gasteiger partial charge in [0.05, 0.1) is 11.6 Å². The highest BCUT2D eigenvalue weighted by Crippen LogP contribution is 2.36. The first kappa shape index (κ1) is 14.9. The number of rotatable bonds is 3.